The number of piperidine rings is 1. The van der Waals surface area contributed by atoms with Gasteiger partial charge >= 0.3 is 0 Å². The van der Waals surface area contributed by atoms with Crippen molar-refractivity contribution < 1.29 is 17.9 Å². The van der Waals surface area contributed by atoms with Gasteiger partial charge in [0.2, 0.25) is 10.0 Å². The molecule has 22 heavy (non-hydrogen) atoms. The molecule has 0 aliphatic carbocycles. The molecule has 0 bridgehead atoms. The fraction of sp³-hybridized carbons (Fsp3) is 0.600. The minimum atomic E-state index is -3.59. The average Bonchev–Trinajstić information content (AvgIpc) is 2.45. The summed E-state index contributed by atoms with van der Waals surface area (Å²) in [6.45, 7) is 4.43. The van der Waals surface area contributed by atoms with Gasteiger partial charge in [0.15, 0.2) is 0 Å². The van der Waals surface area contributed by atoms with Crippen LogP contribution in [0.25, 0.3) is 0 Å². The highest BCUT2D eigenvalue weighted by Crippen LogP contribution is 2.16. The van der Waals surface area contributed by atoms with E-state index in [2.05, 4.69) is 9.62 Å². The van der Waals surface area contributed by atoms with Crippen LogP contribution >= 0.6 is 0 Å². The van der Waals surface area contributed by atoms with E-state index in [1.165, 1.54) is 12.1 Å². The van der Waals surface area contributed by atoms with Crippen LogP contribution in [0.2, 0.25) is 0 Å². The van der Waals surface area contributed by atoms with E-state index in [4.69, 9.17) is 0 Å². The van der Waals surface area contributed by atoms with Crippen LogP contribution in [-0.4, -0.2) is 50.7 Å². The second-order valence-electron chi connectivity index (χ2n) is 5.73. The molecule has 124 valence electrons. The number of likely N-dealkylation sites (tertiary alicyclic amines) is 1. The van der Waals surface area contributed by atoms with Gasteiger partial charge < -0.3 is 10.0 Å². The summed E-state index contributed by atoms with van der Waals surface area (Å²) in [7, 11) is -3.59. The van der Waals surface area contributed by atoms with Crippen LogP contribution in [0.1, 0.15) is 24.8 Å². The molecule has 0 atom stereocenters. The number of hydrogen-bond donors (Lipinski definition) is 2. The first kappa shape index (κ1) is 17.3. The molecule has 1 aromatic rings. The summed E-state index contributed by atoms with van der Waals surface area (Å²) in [4.78, 5) is 2.35. The molecule has 0 amide bonds. The van der Waals surface area contributed by atoms with Crippen molar-refractivity contribution in [3.05, 3.63) is 29.6 Å². The van der Waals surface area contributed by atoms with E-state index in [1.54, 1.807) is 6.92 Å². The predicted molar refractivity (Wildman–Crippen MR) is 82.6 cm³/mol. The zero-order valence-electron chi connectivity index (χ0n) is 12.8. The maximum absolute atomic E-state index is 13.0. The van der Waals surface area contributed by atoms with E-state index in [1.807, 2.05) is 0 Å². The number of rotatable bonds is 6. The first-order valence-corrected chi connectivity index (χ1v) is 9.03. The largest absolute Gasteiger partial charge is 0.393 e. The van der Waals surface area contributed by atoms with Gasteiger partial charge in [-0.05, 0) is 56.5 Å². The summed E-state index contributed by atoms with van der Waals surface area (Å²) >= 11 is 0. The smallest absolute Gasteiger partial charge is 0.240 e. The fourth-order valence-corrected chi connectivity index (χ4v) is 3.94. The quantitative estimate of drug-likeness (QED) is 0.771. The van der Waals surface area contributed by atoms with Crippen molar-refractivity contribution in [1.82, 2.24) is 9.62 Å². The highest BCUT2D eigenvalue weighted by molar-refractivity contribution is 7.89. The lowest BCUT2D eigenvalue weighted by Gasteiger charge is -2.29. The van der Waals surface area contributed by atoms with E-state index in [-0.39, 0.29) is 11.0 Å². The predicted octanol–water partition coefficient (Wildman–Crippen LogP) is 1.26. The van der Waals surface area contributed by atoms with Crippen LogP contribution in [0.15, 0.2) is 23.1 Å². The fourth-order valence-electron chi connectivity index (χ4n) is 2.64. The van der Waals surface area contributed by atoms with Gasteiger partial charge in [-0.1, -0.05) is 0 Å². The molecule has 1 heterocycles. The van der Waals surface area contributed by atoms with Crippen molar-refractivity contribution in [2.75, 3.05) is 26.2 Å². The number of nitrogens with zero attached hydrogens (tertiary/aromatic N) is 1. The van der Waals surface area contributed by atoms with Crippen LogP contribution in [0.3, 0.4) is 0 Å². The lowest BCUT2D eigenvalue weighted by Crippen LogP contribution is -2.37. The summed E-state index contributed by atoms with van der Waals surface area (Å²) in [6, 6.07) is 3.66. The molecule has 1 aromatic carbocycles. The molecule has 1 aliphatic rings. The molecule has 7 heteroatoms. The maximum atomic E-state index is 13.0. The number of hydrogen-bond acceptors (Lipinski definition) is 4. The highest BCUT2D eigenvalue weighted by atomic mass is 32.2. The van der Waals surface area contributed by atoms with E-state index >= 15 is 0 Å². The molecule has 1 saturated heterocycles. The minimum Gasteiger partial charge on any atom is -0.393 e. The third-order valence-corrected chi connectivity index (χ3v) is 5.55. The van der Waals surface area contributed by atoms with Crippen molar-refractivity contribution in [1.29, 1.82) is 0 Å². The molecule has 0 unspecified atom stereocenters. The Morgan fingerprint density at radius 3 is 2.68 bits per heavy atom. The van der Waals surface area contributed by atoms with Crippen molar-refractivity contribution in [2.45, 2.75) is 37.2 Å². The molecule has 0 aromatic heterocycles. The van der Waals surface area contributed by atoms with Gasteiger partial charge in [0.1, 0.15) is 5.82 Å². The van der Waals surface area contributed by atoms with Gasteiger partial charge in [0, 0.05) is 19.6 Å². The molecule has 2 rings (SSSR count). The van der Waals surface area contributed by atoms with Gasteiger partial charge in [-0.25, -0.2) is 17.5 Å². The molecule has 0 radical (unpaired) electrons. The van der Waals surface area contributed by atoms with Gasteiger partial charge in [-0.15, -0.1) is 0 Å². The lowest BCUT2D eigenvalue weighted by molar-refractivity contribution is 0.0823. The van der Waals surface area contributed by atoms with Crippen LogP contribution in [0, 0.1) is 12.7 Å². The second-order valence-corrected chi connectivity index (χ2v) is 7.47. The number of halogens is 1. The Balaban J connectivity index is 1.80. The number of nitrogens with one attached hydrogen (secondary N) is 1. The Morgan fingerprint density at radius 1 is 1.36 bits per heavy atom. The summed E-state index contributed by atoms with van der Waals surface area (Å²) in [6.07, 6.45) is 2.06. The maximum Gasteiger partial charge on any atom is 0.240 e. The Kier molecular flexibility index (Phi) is 5.91. The SMILES string of the molecule is Cc1cc(F)ccc1S(=O)(=O)NCCCN1CCC(O)CC1. The number of aliphatic hydroxyl groups is 1. The molecule has 0 spiro atoms. The van der Waals surface area contributed by atoms with Gasteiger partial charge in [0.05, 0.1) is 11.0 Å². The standard InChI is InChI=1S/C15H23FN2O3S/c1-12-11-13(16)3-4-15(12)22(20,21)17-7-2-8-18-9-5-14(19)6-10-18/h3-4,11,14,17,19H,2,5-10H2,1H3. The van der Waals surface area contributed by atoms with Crippen LogP contribution in [0.5, 0.6) is 0 Å². The third-order valence-electron chi connectivity index (χ3n) is 3.93. The molecule has 5 nitrogen and oxygen atoms in total. The topological polar surface area (TPSA) is 69.6 Å². The van der Waals surface area contributed by atoms with E-state index in [9.17, 15) is 17.9 Å². The Hall–Kier alpha value is -1.02. The van der Waals surface area contributed by atoms with E-state index < -0.39 is 15.8 Å². The number of benzene rings is 1. The van der Waals surface area contributed by atoms with Gasteiger partial charge in [-0.3, -0.25) is 0 Å². The first-order valence-electron chi connectivity index (χ1n) is 7.55. The normalized spacial score (nSPS) is 17.8. The Labute approximate surface area is 131 Å². The van der Waals surface area contributed by atoms with Crippen LogP contribution in [0.4, 0.5) is 4.39 Å². The minimum absolute atomic E-state index is 0.120. The number of sulfonamides is 1. The monoisotopic (exact) mass is 330 g/mol. The number of aliphatic hydroxyl groups excluding tert-OH is 1. The lowest BCUT2D eigenvalue weighted by atomic mass is 10.1. The second kappa shape index (κ2) is 7.50. The first-order chi connectivity index (χ1) is 10.4. The van der Waals surface area contributed by atoms with Gasteiger partial charge in [0.25, 0.3) is 0 Å². The van der Waals surface area contributed by atoms with E-state index in [0.29, 0.717) is 18.5 Å². The molecule has 1 aliphatic heterocycles. The third kappa shape index (κ3) is 4.74. The van der Waals surface area contributed by atoms with Gasteiger partial charge in [-0.2, -0.15) is 0 Å². The van der Waals surface area contributed by atoms with Crippen molar-refractivity contribution in [2.24, 2.45) is 0 Å². The molecular formula is C15H23FN2O3S. The van der Waals surface area contributed by atoms with Crippen molar-refractivity contribution in [3.8, 4) is 0 Å². The van der Waals surface area contributed by atoms with Crippen molar-refractivity contribution >= 4 is 10.0 Å². The van der Waals surface area contributed by atoms with E-state index in [0.717, 1.165) is 38.5 Å². The molecule has 0 saturated carbocycles. The van der Waals surface area contributed by atoms with Crippen molar-refractivity contribution in [3.63, 3.8) is 0 Å². The van der Waals surface area contributed by atoms with Crippen LogP contribution in [-0.2, 0) is 10.0 Å². The molecule has 2 N–H and O–H groups in total. The Morgan fingerprint density at radius 2 is 2.05 bits per heavy atom. The number of aryl methyl sites for hydroxylation is 1. The summed E-state index contributed by atoms with van der Waals surface area (Å²) < 4.78 is 40.0. The highest BCUT2D eigenvalue weighted by Gasteiger charge is 2.18. The summed E-state index contributed by atoms with van der Waals surface area (Å²) in [5.74, 6) is -0.441. The summed E-state index contributed by atoms with van der Waals surface area (Å²) in [5.41, 5.74) is 0.400. The molecule has 1 fully saturated rings. The Bertz CT molecular complexity index is 599. The average molecular weight is 330 g/mol. The summed E-state index contributed by atoms with van der Waals surface area (Å²) in [5, 5.41) is 9.43. The zero-order valence-corrected chi connectivity index (χ0v) is 13.6. The zero-order chi connectivity index (χ0) is 16.2. The molecular weight excluding hydrogens is 307 g/mol. The van der Waals surface area contributed by atoms with Crippen LogP contribution < -0.4 is 4.72 Å².